The van der Waals surface area contributed by atoms with Crippen LogP contribution in [-0.2, 0) is 20.3 Å². The van der Waals surface area contributed by atoms with Crippen molar-refractivity contribution in [1.82, 2.24) is 15.1 Å². The fourth-order valence-corrected chi connectivity index (χ4v) is 3.47. The molecule has 13 heavy (non-hydrogen) atoms. The average molecular weight is 199 g/mol. The van der Waals surface area contributed by atoms with Gasteiger partial charge in [-0.05, 0) is 0 Å². The summed E-state index contributed by atoms with van der Waals surface area (Å²) in [6, 6.07) is 0. The zero-order valence-corrected chi connectivity index (χ0v) is 7.38. The fourth-order valence-electron chi connectivity index (χ4n) is 1.50. The number of aromatic nitrogens is 2. The Kier molecular flexibility index (Phi) is 1.04. The molecule has 3 heterocycles. The van der Waals surface area contributed by atoms with Gasteiger partial charge in [0.05, 0.1) is 12.0 Å². The fraction of sp³-hybridized carbons (Fsp3) is 0.333. The number of carbonyl (C=O) groups is 1. The molecule has 0 bridgehead atoms. The lowest BCUT2D eigenvalue weighted by molar-refractivity contribution is -0.139. The molecule has 68 valence electrons. The quantitative estimate of drug-likeness (QED) is 0.516. The Balaban J connectivity index is 1.89. The van der Waals surface area contributed by atoms with Crippen LogP contribution in [0.1, 0.15) is 5.69 Å². The second-order valence-corrected chi connectivity index (χ2v) is 5.41. The average Bonchev–Trinajstić information content (AvgIpc) is 2.52. The molecule has 0 amide bonds. The van der Waals surface area contributed by atoms with Crippen LogP contribution in [0.4, 0.5) is 0 Å². The number of carbonyl (C=O) groups excluding carboxylic acids is 1. The molecule has 1 aromatic rings. The predicted octanol–water partition coefficient (Wildman–Crippen LogP) is 0.00160. The van der Waals surface area contributed by atoms with E-state index in [1.54, 1.807) is 6.20 Å². The van der Waals surface area contributed by atoms with E-state index >= 15 is 0 Å². The van der Waals surface area contributed by atoms with Gasteiger partial charge in [-0.2, -0.15) is 0 Å². The van der Waals surface area contributed by atoms with Crippen molar-refractivity contribution < 1.29 is 13.9 Å². The second kappa shape index (κ2) is 1.86. The van der Waals surface area contributed by atoms with E-state index in [1.807, 2.05) is 0 Å². The highest BCUT2D eigenvalue weighted by molar-refractivity contribution is 7.70. The molecule has 2 N–H and O–H groups in total. The Morgan fingerprint density at radius 1 is 1.69 bits per heavy atom. The zero-order chi connectivity index (χ0) is 9.10. The summed E-state index contributed by atoms with van der Waals surface area (Å²) in [4.78, 5) is 17.7. The van der Waals surface area contributed by atoms with Crippen LogP contribution in [-0.4, -0.2) is 21.2 Å². The number of hydrogen-bond acceptors (Lipinski definition) is 4. The first-order valence-corrected chi connectivity index (χ1v) is 5.40. The van der Waals surface area contributed by atoms with Crippen molar-refractivity contribution in [2.75, 3.05) is 0 Å². The number of fused-ring (bicyclic) bond motifs is 1. The molecule has 0 aromatic carbocycles. The van der Waals surface area contributed by atoms with Crippen LogP contribution in [0.5, 0.6) is 0 Å². The summed E-state index contributed by atoms with van der Waals surface area (Å²) in [5.74, 6) is -0.432. The number of aromatic amines is 1. The van der Waals surface area contributed by atoms with Crippen molar-refractivity contribution in [3.8, 4) is 0 Å². The van der Waals surface area contributed by atoms with Crippen LogP contribution in [0.25, 0.3) is 0 Å². The SMILES string of the molecule is O=C1OP2(=O)N[C@@]12Cc1c[nH]cn1. The molecule has 1 unspecified atom stereocenters. The summed E-state index contributed by atoms with van der Waals surface area (Å²) in [7, 11) is -2.78. The highest BCUT2D eigenvalue weighted by Gasteiger charge is 2.83. The number of hydrogen-bond donors (Lipinski definition) is 2. The standard InChI is InChI=1S/C6H6N3O3P/c10-5-6(9-13(6,11)12-5)1-4-2-7-3-8-4/h2-3H,1H2,(H,7,8)(H,9,11)/t6-,13?/m1/s1. The van der Waals surface area contributed by atoms with Crippen LogP contribution in [0.3, 0.4) is 0 Å². The second-order valence-electron chi connectivity index (χ2n) is 3.14. The molecule has 0 saturated carbocycles. The Bertz CT molecular complexity index is 428. The van der Waals surface area contributed by atoms with E-state index in [0.29, 0.717) is 12.1 Å². The Morgan fingerprint density at radius 3 is 3.00 bits per heavy atom. The number of imidazole rings is 1. The maximum Gasteiger partial charge on any atom is 0.352 e. The highest BCUT2D eigenvalue weighted by atomic mass is 31.2. The third kappa shape index (κ3) is 0.703. The zero-order valence-electron chi connectivity index (χ0n) is 6.48. The van der Waals surface area contributed by atoms with E-state index in [4.69, 9.17) is 0 Å². The Labute approximate surface area is 73.2 Å². The number of rotatable bonds is 2. The molecule has 0 spiro atoms. The van der Waals surface area contributed by atoms with Gasteiger partial charge >= 0.3 is 13.5 Å². The van der Waals surface area contributed by atoms with E-state index in [-0.39, 0.29) is 0 Å². The summed E-state index contributed by atoms with van der Waals surface area (Å²) in [5.41, 5.74) is 0.710. The van der Waals surface area contributed by atoms with E-state index in [9.17, 15) is 9.36 Å². The molecular weight excluding hydrogens is 193 g/mol. The van der Waals surface area contributed by atoms with E-state index < -0.39 is 18.8 Å². The van der Waals surface area contributed by atoms with Crippen molar-refractivity contribution in [2.45, 2.75) is 11.7 Å². The van der Waals surface area contributed by atoms with Crippen molar-refractivity contribution in [1.29, 1.82) is 0 Å². The van der Waals surface area contributed by atoms with Gasteiger partial charge in [-0.15, -0.1) is 0 Å². The van der Waals surface area contributed by atoms with Crippen molar-refractivity contribution >= 4 is 13.5 Å². The maximum atomic E-state index is 11.4. The molecule has 2 fully saturated rings. The lowest BCUT2D eigenvalue weighted by atomic mass is 10.2. The van der Waals surface area contributed by atoms with Crippen LogP contribution in [0.2, 0.25) is 0 Å². The van der Waals surface area contributed by atoms with Crippen LogP contribution in [0, 0.1) is 0 Å². The monoisotopic (exact) mass is 199 g/mol. The van der Waals surface area contributed by atoms with E-state index in [1.165, 1.54) is 6.33 Å². The summed E-state index contributed by atoms with van der Waals surface area (Å²) in [6.07, 6.45) is 3.53. The minimum atomic E-state index is -2.78. The molecule has 0 radical (unpaired) electrons. The van der Waals surface area contributed by atoms with Crippen molar-refractivity contribution in [3.63, 3.8) is 0 Å². The molecule has 2 saturated heterocycles. The largest absolute Gasteiger partial charge is 0.397 e. The Morgan fingerprint density at radius 2 is 2.54 bits per heavy atom. The molecule has 1 aromatic heterocycles. The van der Waals surface area contributed by atoms with Gasteiger partial charge in [-0.25, -0.2) is 14.9 Å². The van der Waals surface area contributed by atoms with Crippen LogP contribution in [0.15, 0.2) is 12.5 Å². The van der Waals surface area contributed by atoms with Gasteiger partial charge in [0.2, 0.25) is 5.28 Å². The molecule has 2 atom stereocenters. The van der Waals surface area contributed by atoms with Gasteiger partial charge in [-0.3, -0.25) is 4.57 Å². The van der Waals surface area contributed by atoms with Gasteiger partial charge in [0, 0.05) is 12.6 Å². The first-order chi connectivity index (χ1) is 6.16. The number of nitrogens with zero attached hydrogens (tertiary/aromatic N) is 1. The normalized spacial score (nSPS) is 40.5. The molecule has 7 heteroatoms. The minimum Gasteiger partial charge on any atom is -0.397 e. The smallest absolute Gasteiger partial charge is 0.352 e. The molecule has 2 aliphatic heterocycles. The lowest BCUT2D eigenvalue weighted by Gasteiger charge is -2.18. The molecule has 6 nitrogen and oxygen atoms in total. The third-order valence-corrected chi connectivity index (χ3v) is 4.66. The van der Waals surface area contributed by atoms with E-state index in [2.05, 4.69) is 19.6 Å². The molecular formula is C6H6N3O3P. The number of H-pyrrole nitrogens is 1. The highest BCUT2D eigenvalue weighted by Crippen LogP contribution is 2.79. The van der Waals surface area contributed by atoms with Gasteiger partial charge in [-0.1, -0.05) is 0 Å². The number of nitrogens with one attached hydrogen (secondary N) is 2. The Hall–Kier alpha value is -1.13. The van der Waals surface area contributed by atoms with E-state index in [0.717, 1.165) is 0 Å². The summed E-state index contributed by atoms with van der Waals surface area (Å²) < 4.78 is 15.9. The summed E-state index contributed by atoms with van der Waals surface area (Å²) >= 11 is 0. The van der Waals surface area contributed by atoms with Crippen molar-refractivity contribution in [3.05, 3.63) is 18.2 Å². The van der Waals surface area contributed by atoms with Crippen LogP contribution >= 0.6 is 7.52 Å². The van der Waals surface area contributed by atoms with Crippen molar-refractivity contribution in [2.24, 2.45) is 0 Å². The van der Waals surface area contributed by atoms with Gasteiger partial charge in [0.1, 0.15) is 0 Å². The predicted molar refractivity (Wildman–Crippen MR) is 41.9 cm³/mol. The molecule has 2 aliphatic rings. The molecule has 3 rings (SSSR count). The topological polar surface area (TPSA) is 94.0 Å². The third-order valence-electron chi connectivity index (χ3n) is 2.33. The minimum absolute atomic E-state index is 0.340. The lowest BCUT2D eigenvalue weighted by Crippen LogP contribution is -2.36. The first-order valence-electron chi connectivity index (χ1n) is 3.78. The van der Waals surface area contributed by atoms with Gasteiger partial charge < -0.3 is 9.51 Å². The summed E-state index contributed by atoms with van der Waals surface area (Å²) in [6.45, 7) is 0. The first kappa shape index (κ1) is 7.29. The van der Waals surface area contributed by atoms with Gasteiger partial charge in [0.15, 0.2) is 0 Å². The molecule has 0 aliphatic carbocycles. The maximum absolute atomic E-state index is 11.4. The van der Waals surface area contributed by atoms with Crippen LogP contribution < -0.4 is 5.09 Å². The van der Waals surface area contributed by atoms with Gasteiger partial charge in [0.25, 0.3) is 0 Å². The summed E-state index contributed by atoms with van der Waals surface area (Å²) in [5, 5.41) is 1.69.